The number of halogens is 1. The van der Waals surface area contributed by atoms with Crippen LogP contribution in [0, 0.1) is 13.8 Å². The summed E-state index contributed by atoms with van der Waals surface area (Å²) >= 11 is 3.36. The maximum absolute atomic E-state index is 12.9. The van der Waals surface area contributed by atoms with Gasteiger partial charge in [0, 0.05) is 37.9 Å². The number of hydrogen-bond donors (Lipinski definition) is 0. The first-order chi connectivity index (χ1) is 12.3. The molecule has 0 aliphatic carbocycles. The summed E-state index contributed by atoms with van der Waals surface area (Å²) < 4.78 is 33.4. The summed E-state index contributed by atoms with van der Waals surface area (Å²) in [7, 11) is -2.00. The monoisotopic (exact) mass is 438 g/mol. The first-order valence-electron chi connectivity index (χ1n) is 8.49. The first-order valence-corrected chi connectivity index (χ1v) is 10.7. The van der Waals surface area contributed by atoms with E-state index in [0.29, 0.717) is 31.9 Å². The van der Waals surface area contributed by atoms with Gasteiger partial charge < -0.3 is 9.64 Å². The number of piperazine rings is 1. The first kappa shape index (κ1) is 19.2. The van der Waals surface area contributed by atoms with E-state index in [4.69, 9.17) is 4.74 Å². The molecule has 3 rings (SSSR count). The van der Waals surface area contributed by atoms with Crippen LogP contribution in [0.5, 0.6) is 5.75 Å². The molecule has 0 N–H and O–H groups in total. The van der Waals surface area contributed by atoms with E-state index in [9.17, 15) is 8.42 Å². The van der Waals surface area contributed by atoms with Gasteiger partial charge >= 0.3 is 0 Å². The highest BCUT2D eigenvalue weighted by Gasteiger charge is 2.29. The van der Waals surface area contributed by atoms with E-state index in [1.807, 2.05) is 0 Å². The molecule has 26 heavy (non-hydrogen) atoms. The molecule has 0 spiro atoms. The number of sulfonamides is 1. The van der Waals surface area contributed by atoms with Gasteiger partial charge in [-0.15, -0.1) is 0 Å². The van der Waals surface area contributed by atoms with Crippen molar-refractivity contribution >= 4 is 31.6 Å². The predicted molar refractivity (Wildman–Crippen MR) is 108 cm³/mol. The van der Waals surface area contributed by atoms with Crippen molar-refractivity contribution in [3.63, 3.8) is 0 Å². The van der Waals surface area contributed by atoms with Crippen LogP contribution in [0.2, 0.25) is 0 Å². The third kappa shape index (κ3) is 3.75. The van der Waals surface area contributed by atoms with Crippen molar-refractivity contribution < 1.29 is 13.2 Å². The van der Waals surface area contributed by atoms with E-state index in [2.05, 4.69) is 52.9 Å². The van der Waals surface area contributed by atoms with Crippen LogP contribution in [-0.2, 0) is 10.0 Å². The Morgan fingerprint density at radius 1 is 0.962 bits per heavy atom. The third-order valence-electron chi connectivity index (χ3n) is 4.85. The molecule has 2 aromatic carbocycles. The molecule has 0 unspecified atom stereocenters. The molecule has 0 saturated carbocycles. The molecule has 140 valence electrons. The molecule has 2 aromatic rings. The molecular weight excluding hydrogens is 416 g/mol. The SMILES string of the molecule is COc1cc(S(=O)(=O)N2CCN(c3ccc(C)c(C)c3)CC2)ccc1Br. The number of aryl methyl sites for hydroxylation is 2. The fourth-order valence-corrected chi connectivity index (χ4v) is 4.91. The molecule has 1 aliphatic heterocycles. The Kier molecular flexibility index (Phi) is 5.60. The Balaban J connectivity index is 1.75. The summed E-state index contributed by atoms with van der Waals surface area (Å²) in [6, 6.07) is 11.3. The van der Waals surface area contributed by atoms with Crippen molar-refractivity contribution in [2.24, 2.45) is 0 Å². The lowest BCUT2D eigenvalue weighted by Crippen LogP contribution is -2.48. The zero-order valence-corrected chi connectivity index (χ0v) is 17.6. The number of ether oxygens (including phenoxy) is 1. The summed E-state index contributed by atoms with van der Waals surface area (Å²) in [5.41, 5.74) is 3.66. The normalized spacial score (nSPS) is 15.9. The minimum Gasteiger partial charge on any atom is -0.496 e. The van der Waals surface area contributed by atoms with Gasteiger partial charge in [0.05, 0.1) is 16.5 Å². The Morgan fingerprint density at radius 2 is 1.65 bits per heavy atom. The van der Waals surface area contributed by atoms with Crippen LogP contribution in [-0.4, -0.2) is 46.0 Å². The van der Waals surface area contributed by atoms with Gasteiger partial charge in [0.2, 0.25) is 10.0 Å². The van der Waals surface area contributed by atoms with Crippen LogP contribution in [0.3, 0.4) is 0 Å². The number of methoxy groups -OCH3 is 1. The quantitative estimate of drug-likeness (QED) is 0.731. The van der Waals surface area contributed by atoms with Gasteiger partial charge in [0.15, 0.2) is 0 Å². The van der Waals surface area contributed by atoms with Crippen molar-refractivity contribution in [2.75, 3.05) is 38.2 Å². The molecule has 0 bridgehead atoms. The van der Waals surface area contributed by atoms with Gasteiger partial charge in [-0.3, -0.25) is 0 Å². The predicted octanol–water partition coefficient (Wildman–Crippen LogP) is 3.59. The summed E-state index contributed by atoms with van der Waals surface area (Å²) in [6.45, 7) is 6.47. The molecule has 0 amide bonds. The number of benzene rings is 2. The minimum atomic E-state index is -3.53. The smallest absolute Gasteiger partial charge is 0.243 e. The van der Waals surface area contributed by atoms with Crippen LogP contribution in [0.15, 0.2) is 45.8 Å². The molecule has 0 atom stereocenters. The molecule has 1 fully saturated rings. The van der Waals surface area contributed by atoms with Gasteiger partial charge in [0.1, 0.15) is 5.75 Å². The van der Waals surface area contributed by atoms with Gasteiger partial charge in [-0.2, -0.15) is 4.31 Å². The number of anilines is 1. The van der Waals surface area contributed by atoms with Crippen molar-refractivity contribution in [2.45, 2.75) is 18.7 Å². The summed E-state index contributed by atoms with van der Waals surface area (Å²) in [4.78, 5) is 2.50. The molecule has 7 heteroatoms. The highest BCUT2D eigenvalue weighted by atomic mass is 79.9. The highest BCUT2D eigenvalue weighted by Crippen LogP contribution is 2.29. The maximum Gasteiger partial charge on any atom is 0.243 e. The minimum absolute atomic E-state index is 0.261. The Hall–Kier alpha value is -1.57. The van der Waals surface area contributed by atoms with Crippen molar-refractivity contribution in [3.05, 3.63) is 52.0 Å². The average molecular weight is 439 g/mol. The van der Waals surface area contributed by atoms with E-state index in [1.165, 1.54) is 18.2 Å². The standard InChI is InChI=1S/C19H23BrN2O3S/c1-14-4-5-16(12-15(14)2)21-8-10-22(11-9-21)26(23,24)17-6-7-18(20)19(13-17)25-3/h4-7,12-13H,8-11H2,1-3H3. The molecule has 5 nitrogen and oxygen atoms in total. The van der Waals surface area contributed by atoms with Gasteiger partial charge in [-0.05, 0) is 65.2 Å². The Morgan fingerprint density at radius 3 is 2.27 bits per heavy atom. The molecule has 1 aliphatic rings. The molecule has 1 saturated heterocycles. The topological polar surface area (TPSA) is 49.9 Å². The largest absolute Gasteiger partial charge is 0.496 e. The van der Waals surface area contributed by atoms with E-state index < -0.39 is 10.0 Å². The number of hydrogen-bond acceptors (Lipinski definition) is 4. The molecule has 0 aromatic heterocycles. The maximum atomic E-state index is 12.9. The second-order valence-electron chi connectivity index (χ2n) is 6.46. The second kappa shape index (κ2) is 7.58. The molecule has 0 radical (unpaired) electrons. The Bertz CT molecular complexity index is 907. The summed E-state index contributed by atoms with van der Waals surface area (Å²) in [6.07, 6.45) is 0. The zero-order chi connectivity index (χ0) is 18.9. The second-order valence-corrected chi connectivity index (χ2v) is 9.25. The van der Waals surface area contributed by atoms with Crippen molar-refractivity contribution in [3.8, 4) is 5.75 Å². The van der Waals surface area contributed by atoms with Crippen molar-refractivity contribution in [1.29, 1.82) is 0 Å². The fourth-order valence-electron chi connectivity index (χ4n) is 3.06. The lowest BCUT2D eigenvalue weighted by atomic mass is 10.1. The Labute approximate surface area is 163 Å². The summed E-state index contributed by atoms with van der Waals surface area (Å²) in [5.74, 6) is 0.514. The summed E-state index contributed by atoms with van der Waals surface area (Å²) in [5, 5.41) is 0. The fraction of sp³-hybridized carbons (Fsp3) is 0.368. The van der Waals surface area contributed by atoms with Crippen molar-refractivity contribution in [1.82, 2.24) is 4.31 Å². The lowest BCUT2D eigenvalue weighted by molar-refractivity contribution is 0.383. The average Bonchev–Trinajstić information content (AvgIpc) is 2.64. The van der Waals surface area contributed by atoms with Gasteiger partial charge in [0.25, 0.3) is 0 Å². The van der Waals surface area contributed by atoms with Crippen LogP contribution in [0.25, 0.3) is 0 Å². The third-order valence-corrected chi connectivity index (χ3v) is 7.40. The van der Waals surface area contributed by atoms with Crippen LogP contribution >= 0.6 is 15.9 Å². The highest BCUT2D eigenvalue weighted by molar-refractivity contribution is 9.10. The molecule has 1 heterocycles. The van der Waals surface area contributed by atoms with E-state index in [1.54, 1.807) is 22.5 Å². The van der Waals surface area contributed by atoms with E-state index in [-0.39, 0.29) is 4.90 Å². The number of rotatable bonds is 4. The van der Waals surface area contributed by atoms with Gasteiger partial charge in [-0.1, -0.05) is 6.07 Å². The lowest BCUT2D eigenvalue weighted by Gasteiger charge is -2.35. The van der Waals surface area contributed by atoms with E-state index in [0.717, 1.165) is 10.2 Å². The van der Waals surface area contributed by atoms with E-state index >= 15 is 0 Å². The van der Waals surface area contributed by atoms with Crippen LogP contribution in [0.1, 0.15) is 11.1 Å². The van der Waals surface area contributed by atoms with Gasteiger partial charge in [-0.25, -0.2) is 8.42 Å². The zero-order valence-electron chi connectivity index (χ0n) is 15.2. The van der Waals surface area contributed by atoms with Crippen LogP contribution in [0.4, 0.5) is 5.69 Å². The number of nitrogens with zero attached hydrogens (tertiary/aromatic N) is 2. The molecular formula is C19H23BrN2O3S. The van der Waals surface area contributed by atoms with Crippen LogP contribution < -0.4 is 9.64 Å².